The number of aromatic hydroxyl groups is 1. The second-order valence-electron chi connectivity index (χ2n) is 20.0. The second kappa shape index (κ2) is 14.5. The molecule has 6 aromatic carbocycles. The standard InChI is InChI=1S/C57H52N4O2/c1-55(2,3)38-21-23-46(43(30-38)34-16-11-10-12-17-34)61-47-33-58-32-45(50-48(62)24-22-42-41-19-13-14-20-49(41)63-53(42)50)52(47)60-54(61)37-26-36(28-39(29-37)56(4,5)6)44-31-40(57(7,8)9)27-35-18-15-25-59-51(35)44/h10-33,62H,1-9H3. The first-order valence-corrected chi connectivity index (χ1v) is 21.8. The van der Waals surface area contributed by atoms with Crippen LogP contribution in [0.3, 0.4) is 0 Å². The molecule has 0 atom stereocenters. The zero-order valence-electron chi connectivity index (χ0n) is 37.5. The van der Waals surface area contributed by atoms with Crippen molar-refractivity contribution in [2.24, 2.45) is 0 Å². The largest absolute Gasteiger partial charge is 0.507 e. The maximum Gasteiger partial charge on any atom is 0.147 e. The molecule has 4 aromatic heterocycles. The molecule has 0 unspecified atom stereocenters. The number of benzene rings is 6. The Balaban J connectivity index is 1.33. The predicted molar refractivity (Wildman–Crippen MR) is 261 cm³/mol. The van der Waals surface area contributed by atoms with Crippen molar-refractivity contribution in [2.75, 3.05) is 0 Å². The molecule has 0 bridgehead atoms. The van der Waals surface area contributed by atoms with Gasteiger partial charge in [0.15, 0.2) is 0 Å². The first-order chi connectivity index (χ1) is 30.0. The van der Waals surface area contributed by atoms with E-state index in [1.54, 1.807) is 12.3 Å². The second-order valence-corrected chi connectivity index (χ2v) is 20.0. The van der Waals surface area contributed by atoms with Crippen molar-refractivity contribution in [2.45, 2.75) is 78.6 Å². The van der Waals surface area contributed by atoms with Crippen LogP contribution in [0.1, 0.15) is 79.0 Å². The van der Waals surface area contributed by atoms with Crippen molar-refractivity contribution in [3.8, 4) is 56.2 Å². The number of aromatic nitrogens is 4. The maximum atomic E-state index is 11.8. The number of furan rings is 1. The maximum absolute atomic E-state index is 11.8. The number of imidazole rings is 1. The van der Waals surface area contributed by atoms with E-state index in [4.69, 9.17) is 19.4 Å². The van der Waals surface area contributed by atoms with Gasteiger partial charge in [0.2, 0.25) is 0 Å². The summed E-state index contributed by atoms with van der Waals surface area (Å²) in [5.74, 6) is 0.856. The summed E-state index contributed by atoms with van der Waals surface area (Å²) in [5, 5.41) is 14.8. The summed E-state index contributed by atoms with van der Waals surface area (Å²) in [5.41, 5.74) is 14.6. The van der Waals surface area contributed by atoms with Gasteiger partial charge in [-0.25, -0.2) is 4.98 Å². The monoisotopic (exact) mass is 824 g/mol. The highest BCUT2D eigenvalue weighted by Gasteiger charge is 2.27. The third-order valence-electron chi connectivity index (χ3n) is 12.5. The van der Waals surface area contributed by atoms with Crippen LogP contribution in [0.15, 0.2) is 150 Å². The van der Waals surface area contributed by atoms with Crippen LogP contribution in [-0.4, -0.2) is 24.6 Å². The molecule has 0 aliphatic carbocycles. The first-order valence-electron chi connectivity index (χ1n) is 21.8. The van der Waals surface area contributed by atoms with Crippen LogP contribution in [0.2, 0.25) is 0 Å². The molecule has 0 spiro atoms. The molecule has 6 heteroatoms. The van der Waals surface area contributed by atoms with Gasteiger partial charge in [-0.2, -0.15) is 0 Å². The summed E-state index contributed by atoms with van der Waals surface area (Å²) in [6.45, 7) is 20.3. The van der Waals surface area contributed by atoms with E-state index >= 15 is 0 Å². The van der Waals surface area contributed by atoms with E-state index in [1.807, 2.05) is 42.7 Å². The number of nitrogens with zero attached hydrogens (tertiary/aromatic N) is 4. The highest BCUT2D eigenvalue weighted by atomic mass is 16.3. The van der Waals surface area contributed by atoms with Gasteiger partial charge in [-0.05, 0) is 105 Å². The van der Waals surface area contributed by atoms with Crippen molar-refractivity contribution < 1.29 is 9.52 Å². The molecule has 0 saturated heterocycles. The van der Waals surface area contributed by atoms with Crippen LogP contribution >= 0.6 is 0 Å². The Bertz CT molecular complexity index is 3410. The van der Waals surface area contributed by atoms with E-state index in [9.17, 15) is 5.11 Å². The number of hydrogen-bond acceptors (Lipinski definition) is 5. The number of fused-ring (bicyclic) bond motifs is 5. The summed E-state index contributed by atoms with van der Waals surface area (Å²) in [6, 6.07) is 44.7. The Hall–Kier alpha value is -7.05. The Morgan fingerprint density at radius 3 is 2.00 bits per heavy atom. The lowest BCUT2D eigenvalue weighted by Crippen LogP contribution is -2.13. The van der Waals surface area contributed by atoms with Gasteiger partial charge in [-0.3, -0.25) is 14.5 Å². The molecule has 312 valence electrons. The van der Waals surface area contributed by atoms with Gasteiger partial charge in [-0.15, -0.1) is 0 Å². The zero-order chi connectivity index (χ0) is 44.0. The highest BCUT2D eigenvalue weighted by Crippen LogP contribution is 2.46. The van der Waals surface area contributed by atoms with Crippen molar-refractivity contribution in [1.29, 1.82) is 0 Å². The average Bonchev–Trinajstić information content (AvgIpc) is 3.84. The van der Waals surface area contributed by atoms with Gasteiger partial charge in [-0.1, -0.05) is 129 Å². The van der Waals surface area contributed by atoms with Crippen molar-refractivity contribution in [1.82, 2.24) is 19.5 Å². The van der Waals surface area contributed by atoms with E-state index in [1.165, 1.54) is 16.7 Å². The fourth-order valence-corrected chi connectivity index (χ4v) is 8.89. The Labute approximate surface area is 368 Å². The lowest BCUT2D eigenvalue weighted by atomic mass is 9.81. The van der Waals surface area contributed by atoms with Crippen LogP contribution in [0.5, 0.6) is 5.75 Å². The molecule has 0 radical (unpaired) electrons. The highest BCUT2D eigenvalue weighted by molar-refractivity contribution is 6.13. The molecule has 0 aliphatic rings. The Morgan fingerprint density at radius 2 is 1.24 bits per heavy atom. The summed E-state index contributed by atoms with van der Waals surface area (Å²) in [6.07, 6.45) is 5.59. The summed E-state index contributed by atoms with van der Waals surface area (Å²) >= 11 is 0. The van der Waals surface area contributed by atoms with Crippen LogP contribution in [-0.2, 0) is 16.2 Å². The molecule has 63 heavy (non-hydrogen) atoms. The average molecular weight is 825 g/mol. The van der Waals surface area contributed by atoms with Crippen molar-refractivity contribution >= 4 is 43.9 Å². The fraction of sp³-hybridized carbons (Fsp3) is 0.211. The van der Waals surface area contributed by atoms with E-state index in [0.717, 1.165) is 72.1 Å². The smallest absolute Gasteiger partial charge is 0.147 e. The van der Waals surface area contributed by atoms with E-state index in [0.29, 0.717) is 22.2 Å². The summed E-state index contributed by atoms with van der Waals surface area (Å²) in [7, 11) is 0. The van der Waals surface area contributed by atoms with Gasteiger partial charge in [0.1, 0.15) is 28.3 Å². The lowest BCUT2D eigenvalue weighted by Gasteiger charge is -2.24. The molecule has 6 nitrogen and oxygen atoms in total. The molecule has 0 saturated carbocycles. The first kappa shape index (κ1) is 40.0. The summed E-state index contributed by atoms with van der Waals surface area (Å²) < 4.78 is 8.82. The topological polar surface area (TPSA) is 77.0 Å². The number of para-hydroxylation sites is 1. The predicted octanol–water partition coefficient (Wildman–Crippen LogP) is 15.1. The minimum Gasteiger partial charge on any atom is -0.507 e. The minimum absolute atomic E-state index is 0.0814. The zero-order valence-corrected chi connectivity index (χ0v) is 37.5. The molecule has 10 rings (SSSR count). The van der Waals surface area contributed by atoms with Gasteiger partial charge in [0, 0.05) is 50.8 Å². The third-order valence-corrected chi connectivity index (χ3v) is 12.5. The van der Waals surface area contributed by atoms with Gasteiger partial charge < -0.3 is 9.52 Å². The minimum atomic E-state index is -0.203. The van der Waals surface area contributed by atoms with Crippen LogP contribution in [0, 0.1) is 0 Å². The van der Waals surface area contributed by atoms with Crippen LogP contribution in [0.4, 0.5) is 0 Å². The van der Waals surface area contributed by atoms with Crippen molar-refractivity contribution in [3.63, 3.8) is 0 Å². The molecule has 0 fully saturated rings. The molecule has 0 amide bonds. The number of pyridine rings is 2. The van der Waals surface area contributed by atoms with Crippen LogP contribution in [0.25, 0.3) is 94.3 Å². The Kier molecular flexibility index (Phi) is 9.23. The van der Waals surface area contributed by atoms with Gasteiger partial charge in [0.05, 0.1) is 28.5 Å². The van der Waals surface area contributed by atoms with E-state index < -0.39 is 0 Å². The van der Waals surface area contributed by atoms with Gasteiger partial charge in [0.25, 0.3) is 0 Å². The molecule has 10 aromatic rings. The Morgan fingerprint density at radius 1 is 0.540 bits per heavy atom. The van der Waals surface area contributed by atoms with E-state index in [-0.39, 0.29) is 22.0 Å². The number of phenolic OH excluding ortho intramolecular Hbond substituents is 1. The number of hydrogen-bond donors (Lipinski definition) is 1. The molecule has 4 heterocycles. The fourth-order valence-electron chi connectivity index (χ4n) is 8.89. The normalized spacial score (nSPS) is 12.6. The van der Waals surface area contributed by atoms with Gasteiger partial charge >= 0.3 is 0 Å². The third kappa shape index (κ3) is 6.94. The summed E-state index contributed by atoms with van der Waals surface area (Å²) in [4.78, 5) is 15.6. The SMILES string of the molecule is CC(C)(C)c1cc(-c2cc(C(C)(C)C)cc3cccnc23)cc(-c2nc3c(-c4c(O)ccc5c4oc4ccccc45)cncc3n2-c2ccc(C(C)(C)C)cc2-c2ccccc2)c1. The number of rotatable bonds is 5. The lowest BCUT2D eigenvalue weighted by molar-refractivity contribution is 0.477. The number of phenols is 1. The quantitative estimate of drug-likeness (QED) is 0.187. The van der Waals surface area contributed by atoms with Crippen molar-refractivity contribution in [3.05, 3.63) is 163 Å². The van der Waals surface area contributed by atoms with Crippen LogP contribution < -0.4 is 0 Å². The molecule has 1 N–H and O–H groups in total. The molecular formula is C57H52N4O2. The molecular weight excluding hydrogens is 773 g/mol. The van der Waals surface area contributed by atoms with E-state index in [2.05, 4.69) is 158 Å². The molecule has 0 aliphatic heterocycles.